The molecule has 64 heavy (non-hydrogen) atoms. The second-order valence-corrected chi connectivity index (χ2v) is 18.3. The summed E-state index contributed by atoms with van der Waals surface area (Å²) in [4.78, 5) is 43.4. The van der Waals surface area contributed by atoms with Crippen molar-refractivity contribution in [3.05, 3.63) is 52.8 Å². The number of hydrazone groups is 1. The predicted octanol–water partition coefficient (Wildman–Crippen LogP) is 5.89. The van der Waals surface area contributed by atoms with Gasteiger partial charge in [-0.05, 0) is 38.7 Å². The van der Waals surface area contributed by atoms with Crippen LogP contribution in [0.2, 0.25) is 0 Å². The van der Waals surface area contributed by atoms with Crippen molar-refractivity contribution in [1.29, 1.82) is 0 Å². The number of piperidine rings is 1. The van der Waals surface area contributed by atoms with Crippen LogP contribution >= 0.6 is 0 Å². The number of esters is 1. The first kappa shape index (κ1) is 48.3. The number of phenols is 3. The van der Waals surface area contributed by atoms with Crippen LogP contribution in [0.5, 0.6) is 23.0 Å². The fraction of sp³-hybridized carbons (Fsp3) is 0.583. The lowest BCUT2D eigenvalue weighted by molar-refractivity contribution is -0.160. The van der Waals surface area contributed by atoms with Crippen molar-refractivity contribution < 1.29 is 58.9 Å². The van der Waals surface area contributed by atoms with Crippen LogP contribution in [-0.2, 0) is 23.8 Å². The fourth-order valence-corrected chi connectivity index (χ4v) is 9.69. The molecule has 11 unspecified atom stereocenters. The Morgan fingerprint density at radius 2 is 1.69 bits per heavy atom. The van der Waals surface area contributed by atoms with Crippen molar-refractivity contribution >= 4 is 40.3 Å². The van der Waals surface area contributed by atoms with E-state index < -0.39 is 88.8 Å². The van der Waals surface area contributed by atoms with E-state index in [1.165, 1.54) is 52.5 Å². The Bertz CT molecular complexity index is 2240. The van der Waals surface area contributed by atoms with Crippen LogP contribution in [-0.4, -0.2) is 129 Å². The molecule has 0 radical (unpaired) electrons. The first-order valence-electron chi connectivity index (χ1n) is 22.3. The van der Waals surface area contributed by atoms with Gasteiger partial charge >= 0.3 is 11.8 Å². The number of rotatable bonds is 5. The van der Waals surface area contributed by atoms with Crippen molar-refractivity contribution in [1.82, 2.24) is 9.91 Å². The molecule has 1 amide bonds. The van der Waals surface area contributed by atoms with Crippen LogP contribution in [0.1, 0.15) is 96.1 Å². The third kappa shape index (κ3) is 9.33. The number of hydrogen-bond donors (Lipinski definition) is 6. The molecular formula is C48H66N4O12. The Morgan fingerprint density at radius 3 is 2.36 bits per heavy atom. The number of anilines is 1. The Kier molecular flexibility index (Phi) is 14.7. The third-order valence-electron chi connectivity index (χ3n) is 13.9. The minimum absolute atomic E-state index is 0.0636. The molecule has 0 aliphatic carbocycles. The lowest BCUT2D eigenvalue weighted by atomic mass is 9.78. The quantitative estimate of drug-likeness (QED) is 0.0893. The number of methoxy groups -OCH3 is 1. The zero-order valence-corrected chi connectivity index (χ0v) is 38.6. The number of Topliss-reactive ketones (excluding diaryl/α,β-unsaturated/α-hetero) is 1. The monoisotopic (exact) mass is 890 g/mol. The number of nitrogens with one attached hydrogen (secondary N) is 1. The molecule has 16 nitrogen and oxygen atoms in total. The standard InChI is InChI=1S/C48H66N4O12/c1-11-31-15-16-32-23-52(19-18-51(32)22-31)49-21-33-38-43(58)36-35(42(33)57)37-45(29(7)41(36)56)64-48(9,46(37)59)62-20-17-34(61-10)26(4)44(63-30(8)53)28(6)40(55)27(5)39(54)24(2)13-12-14-25(3)47(60)50-38/h12-14,17,20-21,24,26-28,31-32,34,39-40,44,54-58H,11,15-16,18-19,22-23H2,1-10H3,(H,50,60)/b13-12+,20-17+,25-14-,49-21?. The first-order chi connectivity index (χ1) is 30.2. The highest BCUT2D eigenvalue weighted by Crippen LogP contribution is 2.55. The molecule has 16 heteroatoms. The van der Waals surface area contributed by atoms with Crippen LogP contribution in [0.4, 0.5) is 5.69 Å². The van der Waals surface area contributed by atoms with E-state index in [-0.39, 0.29) is 50.5 Å². The minimum Gasteiger partial charge on any atom is -0.507 e. The van der Waals surface area contributed by atoms with Crippen LogP contribution < -0.4 is 10.1 Å². The molecule has 5 heterocycles. The molecule has 0 aromatic heterocycles. The summed E-state index contributed by atoms with van der Waals surface area (Å²) in [7, 11) is 1.44. The molecule has 2 saturated heterocycles. The third-order valence-corrected chi connectivity index (χ3v) is 13.9. The number of ether oxygens (including phenoxy) is 4. The molecule has 7 rings (SSSR count). The highest BCUT2D eigenvalue weighted by atomic mass is 16.7. The zero-order valence-electron chi connectivity index (χ0n) is 38.6. The molecule has 0 spiro atoms. The number of allylic oxidation sites excluding steroid dienone is 2. The second-order valence-electron chi connectivity index (χ2n) is 18.3. The van der Waals surface area contributed by atoms with Gasteiger partial charge in [0, 0.05) is 86.8 Å². The lowest BCUT2D eigenvalue weighted by Crippen LogP contribution is -2.55. The smallest absolute Gasteiger partial charge is 0.312 e. The summed E-state index contributed by atoms with van der Waals surface area (Å²) in [6.45, 7) is 17.9. The number of piperazine rings is 1. The number of hydrogen-bond acceptors (Lipinski definition) is 15. The normalized spacial score (nSPS) is 33.9. The van der Waals surface area contributed by atoms with Gasteiger partial charge < -0.3 is 49.8 Å². The number of carbonyl (C=O) groups is 3. The number of ketones is 1. The molecular weight excluding hydrogens is 825 g/mol. The molecule has 2 fully saturated rings. The van der Waals surface area contributed by atoms with E-state index >= 15 is 0 Å². The van der Waals surface area contributed by atoms with Gasteiger partial charge in [0.05, 0.1) is 59.5 Å². The maximum absolute atomic E-state index is 14.6. The minimum atomic E-state index is -2.05. The van der Waals surface area contributed by atoms with Gasteiger partial charge in [0.2, 0.25) is 0 Å². The Labute approximate surface area is 375 Å². The van der Waals surface area contributed by atoms with E-state index in [1.54, 1.807) is 46.8 Å². The molecule has 11 atom stereocenters. The van der Waals surface area contributed by atoms with Gasteiger partial charge in [0.15, 0.2) is 5.75 Å². The van der Waals surface area contributed by atoms with Crippen LogP contribution in [0.3, 0.4) is 0 Å². The number of aliphatic hydroxyl groups excluding tert-OH is 2. The van der Waals surface area contributed by atoms with Crippen LogP contribution in [0, 0.1) is 36.5 Å². The summed E-state index contributed by atoms with van der Waals surface area (Å²) in [5.74, 6) is -7.62. The number of nitrogens with zero attached hydrogens (tertiary/aromatic N) is 3. The molecule has 0 saturated carbocycles. The van der Waals surface area contributed by atoms with Crippen LogP contribution in [0.15, 0.2) is 41.2 Å². The average Bonchev–Trinajstić information content (AvgIpc) is 3.54. The predicted molar refractivity (Wildman–Crippen MR) is 241 cm³/mol. The van der Waals surface area contributed by atoms with Gasteiger partial charge in [0.25, 0.3) is 11.7 Å². The van der Waals surface area contributed by atoms with Crippen molar-refractivity contribution in [3.63, 3.8) is 0 Å². The SMILES string of the molecule is CCC1CCC2CN(N=Cc3c4c(O)c5c(O)c(C)c6c(c5c3O)C(=O)C(C)(O/C=C/C(OC)C(C)C(OC(C)=O)C(C)C(O)C(C)C(O)C(C)/C=C/C=C(/C)C(=O)N4)O6)CCN2C1. The number of aliphatic hydroxyl groups is 2. The highest BCUT2D eigenvalue weighted by Gasteiger charge is 2.50. The molecule has 5 aliphatic heterocycles. The van der Waals surface area contributed by atoms with Crippen LogP contribution in [0.25, 0.3) is 10.8 Å². The molecule has 2 aromatic carbocycles. The van der Waals surface area contributed by atoms with Gasteiger partial charge in [-0.25, -0.2) is 0 Å². The maximum Gasteiger partial charge on any atom is 0.312 e. The lowest BCUT2D eigenvalue weighted by Gasteiger charge is -2.45. The highest BCUT2D eigenvalue weighted by molar-refractivity contribution is 6.23. The number of benzene rings is 2. The fourth-order valence-electron chi connectivity index (χ4n) is 9.69. The van der Waals surface area contributed by atoms with Gasteiger partial charge in [0.1, 0.15) is 23.4 Å². The van der Waals surface area contributed by atoms with Gasteiger partial charge in [-0.1, -0.05) is 59.3 Å². The molecule has 5 bridgehead atoms. The van der Waals surface area contributed by atoms with E-state index in [4.69, 9.17) is 24.0 Å². The van der Waals surface area contributed by atoms with Crippen molar-refractivity contribution in [2.24, 2.45) is 34.7 Å². The van der Waals surface area contributed by atoms with Crippen molar-refractivity contribution in [2.45, 2.75) is 118 Å². The van der Waals surface area contributed by atoms with Gasteiger partial charge in [-0.3, -0.25) is 24.3 Å². The second kappa shape index (κ2) is 19.5. The maximum atomic E-state index is 14.6. The number of amides is 1. The van der Waals surface area contributed by atoms with E-state index in [0.717, 1.165) is 32.4 Å². The summed E-state index contributed by atoms with van der Waals surface area (Å²) in [6.07, 6.45) is 8.25. The number of fused-ring (bicyclic) bond motifs is 15. The Balaban J connectivity index is 1.48. The summed E-state index contributed by atoms with van der Waals surface area (Å²) < 4.78 is 23.8. The molecule has 350 valence electrons. The summed E-state index contributed by atoms with van der Waals surface area (Å²) >= 11 is 0. The van der Waals surface area contributed by atoms with Crippen molar-refractivity contribution in [2.75, 3.05) is 38.6 Å². The van der Waals surface area contributed by atoms with E-state index in [0.29, 0.717) is 19.0 Å². The van der Waals surface area contributed by atoms with E-state index in [1.807, 2.05) is 5.01 Å². The first-order valence-corrected chi connectivity index (χ1v) is 22.3. The largest absolute Gasteiger partial charge is 0.507 e. The summed E-state index contributed by atoms with van der Waals surface area (Å²) in [5, 5.41) is 67.8. The Morgan fingerprint density at radius 1 is 0.969 bits per heavy atom. The topological polar surface area (TPSA) is 220 Å². The number of carbonyl (C=O) groups excluding carboxylic acids is 3. The Hall–Kier alpha value is -5.16. The molecule has 5 aliphatic rings. The average molecular weight is 891 g/mol. The van der Waals surface area contributed by atoms with Crippen molar-refractivity contribution in [3.8, 4) is 23.0 Å². The van der Waals surface area contributed by atoms with E-state index in [9.17, 15) is 39.9 Å². The van der Waals surface area contributed by atoms with E-state index in [2.05, 4.69) is 17.1 Å². The summed E-state index contributed by atoms with van der Waals surface area (Å²) in [6, 6.07) is 0.290. The molecule has 2 aromatic rings. The van der Waals surface area contributed by atoms with Gasteiger partial charge in [-0.2, -0.15) is 5.10 Å². The molecule has 6 N–H and O–H groups in total. The number of aromatic hydroxyl groups is 3. The summed E-state index contributed by atoms with van der Waals surface area (Å²) in [5.41, 5.74) is -0.284. The van der Waals surface area contributed by atoms with Gasteiger partial charge in [-0.15, -0.1) is 0 Å². The number of phenolic OH excluding ortho intramolecular Hbond substituents is 3. The zero-order chi connectivity index (χ0) is 46.9.